The topological polar surface area (TPSA) is 68.5 Å². The molecule has 3 rings (SSSR count). The van der Waals surface area contributed by atoms with Gasteiger partial charge in [-0.3, -0.25) is 9.00 Å². The molecule has 6 heteroatoms. The third kappa shape index (κ3) is 6.06. The van der Waals surface area contributed by atoms with Crippen molar-refractivity contribution in [2.75, 3.05) is 0 Å². The van der Waals surface area contributed by atoms with Gasteiger partial charge in [0.15, 0.2) is 5.76 Å². The van der Waals surface area contributed by atoms with Crippen LogP contribution in [0.2, 0.25) is 0 Å². The normalized spacial score (nSPS) is 12.0. The molecule has 1 atom stereocenters. The zero-order valence-corrected chi connectivity index (χ0v) is 17.6. The molecule has 1 aromatic heterocycles. The first kappa shape index (κ1) is 20.9. The second-order valence-electron chi connectivity index (χ2n) is 7.07. The average molecular weight is 412 g/mol. The lowest BCUT2D eigenvalue weighted by molar-refractivity contribution is 0.0921. The van der Waals surface area contributed by atoms with Gasteiger partial charge < -0.3 is 14.5 Å². The minimum absolute atomic E-state index is 0.119. The highest BCUT2D eigenvalue weighted by Gasteiger charge is 2.14. The molecule has 0 saturated carbocycles. The van der Waals surface area contributed by atoms with E-state index in [0.29, 0.717) is 12.3 Å². The number of amides is 1. The zero-order chi connectivity index (χ0) is 20.8. The van der Waals surface area contributed by atoms with Gasteiger partial charge in [-0.2, -0.15) is 0 Å². The fraction of sp³-hybridized carbons (Fsp3) is 0.261. The van der Waals surface area contributed by atoms with E-state index >= 15 is 0 Å². The first-order valence-electron chi connectivity index (χ1n) is 9.48. The molecular weight excluding hydrogens is 386 g/mol. The summed E-state index contributed by atoms with van der Waals surface area (Å²) < 4.78 is 23.7. The van der Waals surface area contributed by atoms with E-state index in [1.54, 1.807) is 12.1 Å². The summed E-state index contributed by atoms with van der Waals surface area (Å²) in [6.07, 6.45) is 0.119. The summed E-state index contributed by atoms with van der Waals surface area (Å²) in [6, 6.07) is 18.5. The summed E-state index contributed by atoms with van der Waals surface area (Å²) in [4.78, 5) is 13.1. The monoisotopic (exact) mass is 411 g/mol. The van der Waals surface area contributed by atoms with Gasteiger partial charge in [-0.05, 0) is 68.3 Å². The van der Waals surface area contributed by atoms with Gasteiger partial charge in [0.05, 0.1) is 22.7 Å². The van der Waals surface area contributed by atoms with Crippen LogP contribution in [-0.2, 0) is 23.1 Å². The van der Waals surface area contributed by atoms with Crippen LogP contribution in [0.1, 0.15) is 41.3 Å². The number of carbonyl (C=O) groups excluding carboxylic acids is 1. The summed E-state index contributed by atoms with van der Waals surface area (Å²) in [7, 11) is -1.22. The van der Waals surface area contributed by atoms with Gasteiger partial charge in [0.2, 0.25) is 0 Å². The Morgan fingerprint density at radius 3 is 2.55 bits per heavy atom. The van der Waals surface area contributed by atoms with Crippen LogP contribution in [0.15, 0.2) is 70.0 Å². The molecule has 0 aliphatic heterocycles. The Bertz CT molecular complexity index is 992. The molecule has 0 unspecified atom stereocenters. The Hall–Kier alpha value is -2.86. The number of furan rings is 1. The lowest BCUT2D eigenvalue weighted by Gasteiger charge is -2.10. The van der Waals surface area contributed by atoms with E-state index in [1.165, 1.54) is 0 Å². The molecule has 1 N–H and O–H groups in total. The lowest BCUT2D eigenvalue weighted by Crippen LogP contribution is -2.22. The highest BCUT2D eigenvalue weighted by atomic mass is 32.2. The average Bonchev–Trinajstić information content (AvgIpc) is 3.15. The fourth-order valence-electron chi connectivity index (χ4n) is 2.77. The summed E-state index contributed by atoms with van der Waals surface area (Å²) in [5.41, 5.74) is 2.01. The van der Waals surface area contributed by atoms with Gasteiger partial charge in [-0.25, -0.2) is 0 Å². The van der Waals surface area contributed by atoms with Crippen molar-refractivity contribution in [3.63, 3.8) is 0 Å². The van der Waals surface area contributed by atoms with Gasteiger partial charge in [0.1, 0.15) is 11.5 Å². The Kier molecular flexibility index (Phi) is 6.88. The maximum absolute atomic E-state index is 12.5. The summed E-state index contributed by atoms with van der Waals surface area (Å²) in [5, 5.41) is 2.83. The summed E-state index contributed by atoms with van der Waals surface area (Å²) in [6.45, 7) is 6.29. The predicted octanol–water partition coefficient (Wildman–Crippen LogP) is 4.61. The number of benzene rings is 2. The highest BCUT2D eigenvalue weighted by molar-refractivity contribution is 7.84. The van der Waals surface area contributed by atoms with Crippen LogP contribution in [-0.4, -0.2) is 16.2 Å². The molecular formula is C23H25NO4S. The van der Waals surface area contributed by atoms with Crippen molar-refractivity contribution >= 4 is 16.7 Å². The molecule has 0 spiro atoms. The number of rotatable bonds is 8. The van der Waals surface area contributed by atoms with Crippen LogP contribution < -0.4 is 10.1 Å². The van der Waals surface area contributed by atoms with Crippen molar-refractivity contribution in [2.45, 2.75) is 44.1 Å². The predicted molar refractivity (Wildman–Crippen MR) is 113 cm³/mol. The minimum Gasteiger partial charge on any atom is -0.491 e. The van der Waals surface area contributed by atoms with Crippen LogP contribution in [0, 0.1) is 6.92 Å². The number of ether oxygens (including phenoxy) is 1. The van der Waals surface area contributed by atoms with E-state index in [0.717, 1.165) is 21.8 Å². The van der Waals surface area contributed by atoms with E-state index in [-0.39, 0.29) is 23.5 Å². The maximum Gasteiger partial charge on any atom is 0.287 e. The Morgan fingerprint density at radius 2 is 1.86 bits per heavy atom. The van der Waals surface area contributed by atoms with Crippen molar-refractivity contribution < 1.29 is 18.2 Å². The molecule has 0 radical (unpaired) electrons. The van der Waals surface area contributed by atoms with E-state index in [9.17, 15) is 9.00 Å². The third-order valence-electron chi connectivity index (χ3n) is 4.16. The summed E-state index contributed by atoms with van der Waals surface area (Å²) in [5.74, 6) is 1.45. The summed E-state index contributed by atoms with van der Waals surface area (Å²) >= 11 is 0. The number of hydrogen-bond donors (Lipinski definition) is 1. The second-order valence-corrected chi connectivity index (χ2v) is 8.52. The maximum atomic E-state index is 12.5. The zero-order valence-electron chi connectivity index (χ0n) is 16.8. The van der Waals surface area contributed by atoms with Gasteiger partial charge >= 0.3 is 0 Å². The minimum atomic E-state index is -1.22. The van der Waals surface area contributed by atoms with E-state index < -0.39 is 10.8 Å². The molecule has 3 aromatic rings. The number of aryl methyl sites for hydroxylation is 1. The van der Waals surface area contributed by atoms with Crippen molar-refractivity contribution in [1.29, 1.82) is 0 Å². The van der Waals surface area contributed by atoms with Crippen molar-refractivity contribution in [2.24, 2.45) is 0 Å². The molecule has 1 amide bonds. The van der Waals surface area contributed by atoms with E-state index in [4.69, 9.17) is 9.15 Å². The number of nitrogens with one attached hydrogen (secondary N) is 1. The molecule has 0 saturated heterocycles. The van der Waals surface area contributed by atoms with Gasteiger partial charge in [0, 0.05) is 11.4 Å². The molecule has 0 aliphatic carbocycles. The van der Waals surface area contributed by atoms with Crippen molar-refractivity contribution in [1.82, 2.24) is 5.32 Å². The first-order valence-corrected chi connectivity index (χ1v) is 10.8. The van der Waals surface area contributed by atoms with Crippen LogP contribution in [0.3, 0.4) is 0 Å². The highest BCUT2D eigenvalue weighted by Crippen LogP contribution is 2.17. The SMILES string of the molecule is Cc1cccc([S@@](=O)Cc2ccc(C(=O)NCc3ccc(OC(C)C)cc3)o2)c1. The van der Waals surface area contributed by atoms with E-state index in [2.05, 4.69) is 5.32 Å². The first-order chi connectivity index (χ1) is 13.9. The van der Waals surface area contributed by atoms with Gasteiger partial charge in [-0.1, -0.05) is 24.3 Å². The van der Waals surface area contributed by atoms with E-state index in [1.807, 2.05) is 69.3 Å². The fourth-order valence-corrected chi connectivity index (χ4v) is 3.90. The lowest BCUT2D eigenvalue weighted by atomic mass is 10.2. The second kappa shape index (κ2) is 9.56. The van der Waals surface area contributed by atoms with Crippen LogP contribution in [0.5, 0.6) is 5.75 Å². The Labute approximate surface area is 173 Å². The molecule has 2 aromatic carbocycles. The Morgan fingerprint density at radius 1 is 1.10 bits per heavy atom. The van der Waals surface area contributed by atoms with Crippen LogP contribution in [0.4, 0.5) is 0 Å². The molecule has 1 heterocycles. The molecule has 152 valence electrons. The van der Waals surface area contributed by atoms with Crippen molar-refractivity contribution in [3.05, 3.63) is 83.3 Å². The van der Waals surface area contributed by atoms with Crippen LogP contribution >= 0.6 is 0 Å². The largest absolute Gasteiger partial charge is 0.491 e. The van der Waals surface area contributed by atoms with Crippen LogP contribution in [0.25, 0.3) is 0 Å². The molecule has 0 aliphatic rings. The standard InChI is InChI=1S/C23H25NO4S/c1-16(2)27-19-9-7-18(8-10-19)14-24-23(25)22-12-11-20(28-22)15-29(26)21-6-4-5-17(3)13-21/h4-13,16H,14-15H2,1-3H3,(H,24,25)/t29-/m0/s1. The number of hydrogen-bond acceptors (Lipinski definition) is 4. The van der Waals surface area contributed by atoms with Gasteiger partial charge in [-0.15, -0.1) is 0 Å². The van der Waals surface area contributed by atoms with Gasteiger partial charge in [0.25, 0.3) is 5.91 Å². The Balaban J connectivity index is 1.54. The molecule has 0 fully saturated rings. The smallest absolute Gasteiger partial charge is 0.287 e. The van der Waals surface area contributed by atoms with Crippen molar-refractivity contribution in [3.8, 4) is 5.75 Å². The molecule has 0 bridgehead atoms. The molecule has 29 heavy (non-hydrogen) atoms. The third-order valence-corrected chi connectivity index (χ3v) is 5.49. The quantitative estimate of drug-likeness (QED) is 0.588. The molecule has 5 nitrogen and oxygen atoms in total. The number of carbonyl (C=O) groups is 1.